The van der Waals surface area contributed by atoms with Crippen molar-refractivity contribution in [1.29, 1.82) is 0 Å². The number of anilines is 2. The van der Waals surface area contributed by atoms with E-state index >= 15 is 0 Å². The van der Waals surface area contributed by atoms with Crippen molar-refractivity contribution in [2.45, 2.75) is 13.8 Å². The molecule has 2 heterocycles. The fraction of sp³-hybridized carbons (Fsp3) is 0.158. The van der Waals surface area contributed by atoms with Crippen molar-refractivity contribution >= 4 is 23.2 Å². The number of hydrogen-bond acceptors (Lipinski definition) is 6. The van der Waals surface area contributed by atoms with Gasteiger partial charge in [-0.15, -0.1) is 0 Å². The van der Waals surface area contributed by atoms with Crippen LogP contribution in [0.2, 0.25) is 0 Å². The Balaban J connectivity index is 1.59. The van der Waals surface area contributed by atoms with Gasteiger partial charge in [-0.3, -0.25) is 9.59 Å². The summed E-state index contributed by atoms with van der Waals surface area (Å²) in [6, 6.07) is 10.4. The Morgan fingerprint density at radius 1 is 1.19 bits per heavy atom. The highest BCUT2D eigenvalue weighted by Crippen LogP contribution is 2.29. The first-order valence-corrected chi connectivity index (χ1v) is 8.29. The van der Waals surface area contributed by atoms with E-state index in [4.69, 9.17) is 9.26 Å². The van der Waals surface area contributed by atoms with Crippen LogP contribution in [0.5, 0.6) is 5.75 Å². The van der Waals surface area contributed by atoms with Gasteiger partial charge in [0, 0.05) is 16.8 Å². The normalized spacial score (nSPS) is 12.7. The highest BCUT2D eigenvalue weighted by atomic mass is 16.5. The van der Waals surface area contributed by atoms with Gasteiger partial charge in [0.25, 0.3) is 17.7 Å². The molecule has 0 saturated heterocycles. The third-order valence-corrected chi connectivity index (χ3v) is 4.13. The quantitative estimate of drug-likeness (QED) is 0.740. The van der Waals surface area contributed by atoms with E-state index in [1.54, 1.807) is 31.2 Å². The third kappa shape index (κ3) is 3.37. The van der Waals surface area contributed by atoms with Gasteiger partial charge >= 0.3 is 0 Å². The maximum atomic E-state index is 12.7. The van der Waals surface area contributed by atoms with Gasteiger partial charge in [0.15, 0.2) is 12.4 Å². The van der Waals surface area contributed by atoms with Crippen molar-refractivity contribution in [2.75, 3.05) is 17.2 Å². The van der Waals surface area contributed by atoms with Gasteiger partial charge in [0.1, 0.15) is 5.75 Å². The average molecular weight is 364 g/mol. The molecule has 27 heavy (non-hydrogen) atoms. The van der Waals surface area contributed by atoms with E-state index in [1.165, 1.54) is 0 Å². The van der Waals surface area contributed by atoms with Crippen LogP contribution in [0.25, 0.3) is 11.5 Å². The zero-order valence-corrected chi connectivity index (χ0v) is 14.7. The average Bonchev–Trinajstić information content (AvgIpc) is 3.09. The molecule has 0 aliphatic carbocycles. The van der Waals surface area contributed by atoms with E-state index in [2.05, 4.69) is 20.8 Å². The van der Waals surface area contributed by atoms with Crippen LogP contribution in [-0.4, -0.2) is 28.6 Å². The molecule has 2 amide bonds. The first-order valence-electron chi connectivity index (χ1n) is 8.29. The number of fused-ring (bicyclic) bond motifs is 1. The van der Waals surface area contributed by atoms with Crippen molar-refractivity contribution < 1.29 is 18.8 Å². The van der Waals surface area contributed by atoms with Crippen molar-refractivity contribution in [1.82, 2.24) is 10.1 Å². The third-order valence-electron chi connectivity index (χ3n) is 4.13. The minimum Gasteiger partial charge on any atom is -0.482 e. The Morgan fingerprint density at radius 2 is 2.04 bits per heavy atom. The molecule has 0 bridgehead atoms. The van der Waals surface area contributed by atoms with Crippen molar-refractivity contribution in [3.63, 3.8) is 0 Å². The number of carbonyl (C=O) groups is 2. The molecule has 8 nitrogen and oxygen atoms in total. The second-order valence-electron chi connectivity index (χ2n) is 6.18. The molecule has 136 valence electrons. The SMILES string of the molecule is Cc1noc(-c2ccc(C)c(NC(=O)c3ccc4c(c3)NC(=O)CO4)c2)n1. The summed E-state index contributed by atoms with van der Waals surface area (Å²) in [7, 11) is 0. The molecule has 0 saturated carbocycles. The molecular weight excluding hydrogens is 348 g/mol. The van der Waals surface area contributed by atoms with E-state index in [9.17, 15) is 9.59 Å². The molecule has 0 fully saturated rings. The van der Waals surface area contributed by atoms with Crippen LogP contribution < -0.4 is 15.4 Å². The van der Waals surface area contributed by atoms with Crippen LogP contribution >= 0.6 is 0 Å². The van der Waals surface area contributed by atoms with Crippen molar-refractivity contribution in [3.05, 3.63) is 53.3 Å². The van der Waals surface area contributed by atoms with Crippen molar-refractivity contribution in [2.24, 2.45) is 0 Å². The van der Waals surface area contributed by atoms with Crippen molar-refractivity contribution in [3.8, 4) is 17.2 Å². The number of carbonyl (C=O) groups excluding carboxylic acids is 2. The standard InChI is InChI=1S/C19H16N4O4/c1-10-3-4-13(19-20-11(2)23-27-19)8-14(10)22-18(25)12-5-6-16-15(7-12)21-17(24)9-26-16/h3-8H,9H2,1-2H3,(H,21,24)(H,22,25). The van der Waals surface area contributed by atoms with Gasteiger partial charge < -0.3 is 19.9 Å². The summed E-state index contributed by atoms with van der Waals surface area (Å²) in [5.74, 6) is 0.903. The first-order chi connectivity index (χ1) is 13.0. The molecule has 1 aliphatic heterocycles. The highest BCUT2D eigenvalue weighted by molar-refractivity contribution is 6.06. The van der Waals surface area contributed by atoms with Gasteiger partial charge in [-0.2, -0.15) is 4.98 Å². The lowest BCUT2D eigenvalue weighted by molar-refractivity contribution is -0.118. The molecule has 0 spiro atoms. The number of amides is 2. The fourth-order valence-electron chi connectivity index (χ4n) is 2.72. The molecule has 1 aromatic heterocycles. The number of aryl methyl sites for hydroxylation is 2. The number of rotatable bonds is 3. The molecule has 1 aliphatic rings. The first kappa shape index (κ1) is 16.8. The van der Waals surface area contributed by atoms with E-state index in [0.29, 0.717) is 40.0 Å². The second kappa shape index (κ2) is 6.56. The van der Waals surface area contributed by atoms with Crippen LogP contribution in [0, 0.1) is 13.8 Å². The van der Waals surface area contributed by atoms with Gasteiger partial charge in [0.2, 0.25) is 0 Å². The molecule has 4 rings (SSSR count). The smallest absolute Gasteiger partial charge is 0.262 e. The Labute approximate surface area is 154 Å². The number of aromatic nitrogens is 2. The van der Waals surface area contributed by atoms with Gasteiger partial charge in [-0.05, 0) is 49.7 Å². The molecule has 2 aromatic carbocycles. The molecule has 2 N–H and O–H groups in total. The Kier molecular flexibility index (Phi) is 4.08. The van der Waals surface area contributed by atoms with Gasteiger partial charge in [-0.25, -0.2) is 0 Å². The van der Waals surface area contributed by atoms with E-state index in [-0.39, 0.29) is 18.4 Å². The predicted molar refractivity (Wildman–Crippen MR) is 97.7 cm³/mol. The highest BCUT2D eigenvalue weighted by Gasteiger charge is 2.18. The number of hydrogen-bond donors (Lipinski definition) is 2. The number of nitrogens with zero attached hydrogens (tertiary/aromatic N) is 2. The molecular formula is C19H16N4O4. The summed E-state index contributed by atoms with van der Waals surface area (Å²) in [6.07, 6.45) is 0. The maximum Gasteiger partial charge on any atom is 0.262 e. The number of nitrogens with one attached hydrogen (secondary N) is 2. The fourth-order valence-corrected chi connectivity index (χ4v) is 2.72. The summed E-state index contributed by atoms with van der Waals surface area (Å²) in [4.78, 5) is 28.3. The lowest BCUT2D eigenvalue weighted by atomic mass is 10.1. The summed E-state index contributed by atoms with van der Waals surface area (Å²) in [6.45, 7) is 3.60. The molecule has 0 radical (unpaired) electrons. The molecule has 0 atom stereocenters. The molecule has 8 heteroatoms. The molecule has 0 unspecified atom stereocenters. The summed E-state index contributed by atoms with van der Waals surface area (Å²) in [5, 5.41) is 9.35. The summed E-state index contributed by atoms with van der Waals surface area (Å²) >= 11 is 0. The topological polar surface area (TPSA) is 106 Å². The number of benzene rings is 2. The second-order valence-corrected chi connectivity index (χ2v) is 6.18. The maximum absolute atomic E-state index is 12.7. The zero-order chi connectivity index (χ0) is 19.0. The lowest BCUT2D eigenvalue weighted by Gasteiger charge is -2.18. The minimum atomic E-state index is -0.306. The minimum absolute atomic E-state index is 0.0281. The van der Waals surface area contributed by atoms with E-state index in [0.717, 1.165) is 5.56 Å². The summed E-state index contributed by atoms with van der Waals surface area (Å²) in [5.41, 5.74) is 3.11. The Hall–Kier alpha value is -3.68. The van der Waals surface area contributed by atoms with Crippen LogP contribution in [-0.2, 0) is 4.79 Å². The summed E-state index contributed by atoms with van der Waals surface area (Å²) < 4.78 is 10.5. The molecule has 3 aromatic rings. The van der Waals surface area contributed by atoms with Crippen LogP contribution in [0.3, 0.4) is 0 Å². The monoisotopic (exact) mass is 364 g/mol. The Bertz CT molecular complexity index is 1060. The van der Waals surface area contributed by atoms with Crippen LogP contribution in [0.15, 0.2) is 40.9 Å². The Morgan fingerprint density at radius 3 is 2.81 bits per heavy atom. The van der Waals surface area contributed by atoms with E-state index < -0.39 is 0 Å². The zero-order valence-electron chi connectivity index (χ0n) is 14.7. The number of ether oxygens (including phenoxy) is 1. The lowest BCUT2D eigenvalue weighted by Crippen LogP contribution is -2.25. The van der Waals surface area contributed by atoms with E-state index in [1.807, 2.05) is 19.1 Å². The largest absolute Gasteiger partial charge is 0.482 e. The van der Waals surface area contributed by atoms with Gasteiger partial charge in [-0.1, -0.05) is 11.2 Å². The predicted octanol–water partition coefficient (Wildman–Crippen LogP) is 2.94. The van der Waals surface area contributed by atoms with Gasteiger partial charge in [0.05, 0.1) is 5.69 Å². The van der Waals surface area contributed by atoms with Crippen LogP contribution in [0.4, 0.5) is 11.4 Å². The van der Waals surface area contributed by atoms with Crippen LogP contribution in [0.1, 0.15) is 21.7 Å².